The molecule has 1 aromatic heterocycles. The van der Waals surface area contributed by atoms with Crippen molar-refractivity contribution in [2.24, 2.45) is 0 Å². The predicted molar refractivity (Wildman–Crippen MR) is 117 cm³/mol. The van der Waals surface area contributed by atoms with E-state index in [0.29, 0.717) is 31.9 Å². The van der Waals surface area contributed by atoms with Crippen molar-refractivity contribution in [2.75, 3.05) is 32.1 Å². The Morgan fingerprint density at radius 2 is 1.94 bits per heavy atom. The molecule has 1 aromatic carbocycles. The van der Waals surface area contributed by atoms with Crippen LogP contribution in [-0.2, 0) is 19.6 Å². The maximum absolute atomic E-state index is 12.9. The van der Waals surface area contributed by atoms with E-state index >= 15 is 0 Å². The quantitative estimate of drug-likeness (QED) is 0.470. The summed E-state index contributed by atoms with van der Waals surface area (Å²) in [5.41, 5.74) is 6.68. The van der Waals surface area contributed by atoms with Crippen LogP contribution in [-0.4, -0.2) is 79.0 Å². The zero-order valence-corrected chi connectivity index (χ0v) is 19.4. The highest BCUT2D eigenvalue weighted by Gasteiger charge is 2.31. The first kappa shape index (κ1) is 23.1. The van der Waals surface area contributed by atoms with Crippen molar-refractivity contribution in [1.82, 2.24) is 30.7 Å². The third-order valence-corrected chi connectivity index (χ3v) is 8.08. The Kier molecular flexibility index (Phi) is 7.12. The Balaban J connectivity index is 1.39. The van der Waals surface area contributed by atoms with Gasteiger partial charge in [-0.15, -0.1) is 10.2 Å². The van der Waals surface area contributed by atoms with E-state index in [0.717, 1.165) is 11.8 Å². The third kappa shape index (κ3) is 5.13. The van der Waals surface area contributed by atoms with E-state index in [4.69, 9.17) is 9.15 Å². The van der Waals surface area contributed by atoms with Crippen LogP contribution in [0, 0.1) is 0 Å². The average molecular weight is 483 g/mol. The minimum absolute atomic E-state index is 0.0162. The first-order chi connectivity index (χ1) is 15.3. The zero-order chi connectivity index (χ0) is 22.7. The fourth-order valence-electron chi connectivity index (χ4n) is 3.59. The van der Waals surface area contributed by atoms with Crippen molar-refractivity contribution in [3.05, 3.63) is 24.3 Å². The van der Waals surface area contributed by atoms with Gasteiger partial charge in [-0.3, -0.25) is 15.6 Å². The number of rotatable bonds is 7. The van der Waals surface area contributed by atoms with Gasteiger partial charge in [0.2, 0.25) is 21.8 Å². The third-order valence-electron chi connectivity index (χ3n) is 5.37. The second-order valence-corrected chi connectivity index (χ2v) is 10.5. The Bertz CT molecular complexity index is 1050. The number of aromatic nitrogens is 2. The number of carbonyl (C=O) groups excluding carboxylic acids is 1. The number of hydrogen-bond donors (Lipinski definition) is 3. The molecule has 4 rings (SSSR count). The van der Waals surface area contributed by atoms with Gasteiger partial charge in [0.25, 0.3) is 5.22 Å². The number of ether oxygens (including phenoxy) is 1. The first-order valence-corrected chi connectivity index (χ1v) is 12.7. The lowest BCUT2D eigenvalue weighted by Crippen LogP contribution is -2.47. The highest BCUT2D eigenvalue weighted by molar-refractivity contribution is 7.99. The van der Waals surface area contributed by atoms with Gasteiger partial charge in [-0.2, -0.15) is 4.31 Å². The molecule has 1 amide bonds. The first-order valence-electron chi connectivity index (χ1n) is 10.3. The fraction of sp³-hybridized carbons (Fsp3) is 0.526. The largest absolute Gasteiger partial charge is 0.411 e. The Hall–Kier alpha value is -2.03. The molecule has 2 aliphatic rings. The van der Waals surface area contributed by atoms with Crippen LogP contribution in [0.3, 0.4) is 0 Å². The molecule has 0 bridgehead atoms. The fourth-order valence-corrected chi connectivity index (χ4v) is 5.62. The van der Waals surface area contributed by atoms with Gasteiger partial charge in [-0.25, -0.2) is 8.42 Å². The van der Waals surface area contributed by atoms with E-state index in [1.54, 1.807) is 18.2 Å². The van der Waals surface area contributed by atoms with Crippen LogP contribution in [0.2, 0.25) is 0 Å². The summed E-state index contributed by atoms with van der Waals surface area (Å²) in [4.78, 5) is 12.4. The molecule has 2 saturated heterocycles. The molecule has 2 aromatic rings. The van der Waals surface area contributed by atoms with Crippen LogP contribution in [0.1, 0.15) is 13.8 Å². The van der Waals surface area contributed by atoms with Gasteiger partial charge in [-0.1, -0.05) is 17.8 Å². The average Bonchev–Trinajstić information content (AvgIpc) is 3.41. The van der Waals surface area contributed by atoms with E-state index < -0.39 is 10.0 Å². The van der Waals surface area contributed by atoms with Gasteiger partial charge in [0.1, 0.15) is 0 Å². The predicted octanol–water partition coefficient (Wildman–Crippen LogP) is 0.219. The molecule has 3 N–H and O–H groups in total. The molecular formula is C19H26N6O5S2. The molecule has 3 heterocycles. The topological polar surface area (TPSA) is 139 Å². The molecular weight excluding hydrogens is 456 g/mol. The minimum atomic E-state index is -3.63. The van der Waals surface area contributed by atoms with Gasteiger partial charge < -0.3 is 14.5 Å². The molecule has 13 heteroatoms. The highest BCUT2D eigenvalue weighted by Crippen LogP contribution is 2.26. The number of benzene rings is 1. The lowest BCUT2D eigenvalue weighted by atomic mass is 10.1. The van der Waals surface area contributed by atoms with Crippen LogP contribution in [0.5, 0.6) is 0 Å². The number of nitrogens with one attached hydrogen (secondary N) is 3. The molecule has 2 atom stereocenters. The van der Waals surface area contributed by atoms with Crippen molar-refractivity contribution in [3.63, 3.8) is 0 Å². The molecule has 0 aliphatic carbocycles. The number of sulfonamides is 1. The molecule has 2 aliphatic heterocycles. The summed E-state index contributed by atoms with van der Waals surface area (Å²) < 4.78 is 38.1. The van der Waals surface area contributed by atoms with Crippen molar-refractivity contribution in [1.29, 1.82) is 0 Å². The maximum atomic E-state index is 12.9. The minimum Gasteiger partial charge on any atom is -0.411 e. The van der Waals surface area contributed by atoms with E-state index in [1.807, 2.05) is 13.8 Å². The van der Waals surface area contributed by atoms with Crippen LogP contribution >= 0.6 is 11.8 Å². The van der Waals surface area contributed by atoms with Crippen molar-refractivity contribution < 1.29 is 22.4 Å². The van der Waals surface area contributed by atoms with Crippen LogP contribution < -0.4 is 16.2 Å². The second-order valence-electron chi connectivity index (χ2n) is 7.67. The number of thioether (sulfide) groups is 1. The van der Waals surface area contributed by atoms with Crippen molar-refractivity contribution >= 4 is 27.7 Å². The van der Waals surface area contributed by atoms with Gasteiger partial charge in [0.15, 0.2) is 0 Å². The van der Waals surface area contributed by atoms with Crippen LogP contribution in [0.25, 0.3) is 11.5 Å². The Labute approximate surface area is 190 Å². The summed E-state index contributed by atoms with van der Waals surface area (Å²) >= 11 is 1.13. The monoisotopic (exact) mass is 482 g/mol. The number of amides is 1. The highest BCUT2D eigenvalue weighted by atomic mass is 32.2. The van der Waals surface area contributed by atoms with Crippen LogP contribution in [0.15, 0.2) is 38.8 Å². The number of hydrogen-bond acceptors (Lipinski definition) is 10. The Morgan fingerprint density at radius 3 is 2.66 bits per heavy atom. The summed E-state index contributed by atoms with van der Waals surface area (Å²) in [5.74, 6) is 0.184. The lowest BCUT2D eigenvalue weighted by Gasteiger charge is -2.26. The van der Waals surface area contributed by atoms with E-state index in [9.17, 15) is 13.2 Å². The van der Waals surface area contributed by atoms with E-state index in [-0.39, 0.29) is 45.8 Å². The van der Waals surface area contributed by atoms with E-state index in [1.165, 1.54) is 10.4 Å². The number of hydrazine groups is 1. The SMILES string of the molecule is CC1NNC(C)C1NC(=O)CSc1nnc(-c2cccc(S(=O)(=O)N3CCOCC3)c2)o1. The van der Waals surface area contributed by atoms with Gasteiger partial charge in [0.05, 0.1) is 29.9 Å². The van der Waals surface area contributed by atoms with Gasteiger partial charge in [0, 0.05) is 30.7 Å². The second kappa shape index (κ2) is 9.85. The van der Waals surface area contributed by atoms with Crippen molar-refractivity contribution in [3.8, 4) is 11.5 Å². The standard InChI is InChI=1S/C19H26N6O5S2/c1-12-17(13(2)22-21-12)20-16(26)11-31-19-24-23-18(30-19)14-4-3-5-15(10-14)32(27,28)25-6-8-29-9-7-25/h3-5,10,12-13,17,21-22H,6-9,11H2,1-2H3,(H,20,26). The van der Waals surface area contributed by atoms with Crippen LogP contribution in [0.4, 0.5) is 0 Å². The molecule has 2 unspecified atom stereocenters. The lowest BCUT2D eigenvalue weighted by molar-refractivity contribution is -0.119. The van der Waals surface area contributed by atoms with Crippen molar-refractivity contribution in [2.45, 2.75) is 42.1 Å². The number of carbonyl (C=O) groups is 1. The van der Waals surface area contributed by atoms with Gasteiger partial charge in [-0.05, 0) is 32.0 Å². The smallest absolute Gasteiger partial charge is 0.277 e. The summed E-state index contributed by atoms with van der Waals surface area (Å²) in [6.07, 6.45) is 0. The summed E-state index contributed by atoms with van der Waals surface area (Å²) in [7, 11) is -3.63. The number of morpholine rings is 1. The summed E-state index contributed by atoms with van der Waals surface area (Å²) in [5, 5.41) is 11.2. The zero-order valence-electron chi connectivity index (χ0n) is 17.8. The Morgan fingerprint density at radius 1 is 1.22 bits per heavy atom. The summed E-state index contributed by atoms with van der Waals surface area (Å²) in [6.45, 7) is 5.38. The molecule has 0 radical (unpaired) electrons. The molecule has 0 saturated carbocycles. The molecule has 0 spiro atoms. The summed E-state index contributed by atoms with van der Waals surface area (Å²) in [6, 6.07) is 6.62. The maximum Gasteiger partial charge on any atom is 0.277 e. The van der Waals surface area contributed by atoms with Gasteiger partial charge >= 0.3 is 0 Å². The molecule has 2 fully saturated rings. The molecule has 174 valence electrons. The molecule has 11 nitrogen and oxygen atoms in total. The molecule has 32 heavy (non-hydrogen) atoms. The normalized spacial score (nSPS) is 24.5. The number of nitrogens with zero attached hydrogens (tertiary/aromatic N) is 3. The van der Waals surface area contributed by atoms with E-state index in [2.05, 4.69) is 26.4 Å².